The summed E-state index contributed by atoms with van der Waals surface area (Å²) in [6.07, 6.45) is 5.35. The van der Waals surface area contributed by atoms with Crippen LogP contribution in [-0.4, -0.2) is 11.4 Å². The fourth-order valence-electron chi connectivity index (χ4n) is 3.82. The number of rotatable bonds is 2. The Labute approximate surface area is 125 Å². The zero-order chi connectivity index (χ0) is 15.0. The maximum atomic E-state index is 13.7. The van der Waals surface area contributed by atoms with Gasteiger partial charge in [-0.1, -0.05) is 25.0 Å². The Kier molecular flexibility index (Phi) is 3.74. The van der Waals surface area contributed by atoms with Gasteiger partial charge in [-0.15, -0.1) is 0 Å². The molecule has 3 unspecified atom stereocenters. The van der Waals surface area contributed by atoms with Gasteiger partial charge < -0.3 is 11.1 Å². The summed E-state index contributed by atoms with van der Waals surface area (Å²) in [5.41, 5.74) is 7.55. The number of fused-ring (bicyclic) bond motifs is 1. The number of halogens is 1. The lowest BCUT2D eigenvalue weighted by Crippen LogP contribution is -2.53. The van der Waals surface area contributed by atoms with E-state index in [0.717, 1.165) is 43.2 Å². The van der Waals surface area contributed by atoms with Crippen molar-refractivity contribution in [3.63, 3.8) is 0 Å². The van der Waals surface area contributed by atoms with E-state index in [1.807, 2.05) is 13.0 Å². The highest BCUT2D eigenvalue weighted by molar-refractivity contribution is 5.80. The molecule has 1 aromatic rings. The van der Waals surface area contributed by atoms with Crippen LogP contribution in [0, 0.1) is 11.7 Å². The summed E-state index contributed by atoms with van der Waals surface area (Å²) in [5, 5.41) is 3.10. The number of hydrogen-bond donors (Lipinski definition) is 2. The summed E-state index contributed by atoms with van der Waals surface area (Å²) in [5.74, 6) is -0.267. The summed E-state index contributed by atoms with van der Waals surface area (Å²) in [6, 6.07) is 5.05. The lowest BCUT2D eigenvalue weighted by atomic mass is 9.74. The van der Waals surface area contributed by atoms with E-state index in [2.05, 4.69) is 5.32 Å². The van der Waals surface area contributed by atoms with E-state index in [-0.39, 0.29) is 23.7 Å². The molecule has 0 aromatic heterocycles. The van der Waals surface area contributed by atoms with Crippen LogP contribution in [0.2, 0.25) is 0 Å². The van der Waals surface area contributed by atoms with Crippen molar-refractivity contribution in [2.45, 2.75) is 57.0 Å². The first kappa shape index (κ1) is 14.5. The van der Waals surface area contributed by atoms with Gasteiger partial charge in [0.15, 0.2) is 0 Å². The summed E-state index contributed by atoms with van der Waals surface area (Å²) >= 11 is 0. The first-order valence-corrected chi connectivity index (χ1v) is 7.85. The molecule has 0 radical (unpaired) electrons. The quantitative estimate of drug-likeness (QED) is 0.880. The fraction of sp³-hybridized carbons (Fsp3) is 0.588. The van der Waals surface area contributed by atoms with Crippen molar-refractivity contribution < 1.29 is 9.18 Å². The van der Waals surface area contributed by atoms with Gasteiger partial charge in [0.1, 0.15) is 5.82 Å². The Bertz CT molecular complexity index is 556. The highest BCUT2D eigenvalue weighted by Gasteiger charge is 2.39. The third-order valence-corrected chi connectivity index (χ3v) is 5.10. The third-order valence-electron chi connectivity index (χ3n) is 5.10. The molecule has 3 atom stereocenters. The highest BCUT2D eigenvalue weighted by atomic mass is 19.1. The Hall–Kier alpha value is -1.42. The second-order valence-electron chi connectivity index (χ2n) is 6.71. The molecule has 2 aliphatic rings. The largest absolute Gasteiger partial charge is 0.349 e. The van der Waals surface area contributed by atoms with Gasteiger partial charge in [-0.3, -0.25) is 4.79 Å². The van der Waals surface area contributed by atoms with E-state index in [0.29, 0.717) is 6.42 Å². The van der Waals surface area contributed by atoms with Crippen LogP contribution in [0.3, 0.4) is 0 Å². The maximum absolute atomic E-state index is 13.7. The molecule has 1 fully saturated rings. The standard InChI is InChI=1S/C17H23FN2O/c1-17(19)10-3-2-6-13(17)16(21)20-15-9-8-11-12(15)5-4-7-14(11)18/h4-5,7,13,15H,2-3,6,8-10,19H2,1H3,(H,20,21). The van der Waals surface area contributed by atoms with Gasteiger partial charge in [0, 0.05) is 5.54 Å². The lowest BCUT2D eigenvalue weighted by molar-refractivity contribution is -0.128. The van der Waals surface area contributed by atoms with Gasteiger partial charge in [-0.05, 0) is 49.8 Å². The summed E-state index contributed by atoms with van der Waals surface area (Å²) in [6.45, 7) is 1.97. The monoisotopic (exact) mass is 290 g/mol. The summed E-state index contributed by atoms with van der Waals surface area (Å²) in [7, 11) is 0. The topological polar surface area (TPSA) is 55.1 Å². The van der Waals surface area contributed by atoms with Crippen molar-refractivity contribution in [3.05, 3.63) is 35.1 Å². The molecule has 0 aliphatic heterocycles. The first-order valence-electron chi connectivity index (χ1n) is 7.85. The lowest BCUT2D eigenvalue weighted by Gasteiger charge is -2.37. The number of nitrogens with one attached hydrogen (secondary N) is 1. The molecule has 3 nitrogen and oxygen atoms in total. The molecule has 1 aromatic carbocycles. The highest BCUT2D eigenvalue weighted by Crippen LogP contribution is 2.35. The van der Waals surface area contributed by atoms with Gasteiger partial charge in [0.2, 0.25) is 5.91 Å². The predicted molar refractivity (Wildman–Crippen MR) is 80.2 cm³/mol. The number of amides is 1. The van der Waals surface area contributed by atoms with Crippen molar-refractivity contribution in [3.8, 4) is 0 Å². The third kappa shape index (κ3) is 2.69. The average molecular weight is 290 g/mol. The molecule has 4 heteroatoms. The molecule has 0 bridgehead atoms. The number of nitrogens with two attached hydrogens (primary N) is 1. The van der Waals surface area contributed by atoms with Crippen molar-refractivity contribution in [2.24, 2.45) is 11.7 Å². The number of carbonyl (C=O) groups is 1. The fourth-order valence-corrected chi connectivity index (χ4v) is 3.82. The van der Waals surface area contributed by atoms with Gasteiger partial charge in [-0.25, -0.2) is 4.39 Å². The minimum absolute atomic E-state index is 0.0295. The first-order chi connectivity index (χ1) is 9.99. The molecule has 0 heterocycles. The molecule has 0 saturated heterocycles. The molecule has 2 aliphatic carbocycles. The molecule has 3 N–H and O–H groups in total. The van der Waals surface area contributed by atoms with Gasteiger partial charge in [0.25, 0.3) is 0 Å². The molecule has 3 rings (SSSR count). The molecule has 1 saturated carbocycles. The maximum Gasteiger partial charge on any atom is 0.225 e. The normalized spacial score (nSPS) is 31.8. The zero-order valence-corrected chi connectivity index (χ0v) is 12.5. The Morgan fingerprint density at radius 2 is 2.19 bits per heavy atom. The van der Waals surface area contributed by atoms with Crippen LogP contribution in [0.25, 0.3) is 0 Å². The van der Waals surface area contributed by atoms with Crippen molar-refractivity contribution in [1.29, 1.82) is 0 Å². The molecule has 0 spiro atoms. The number of carbonyl (C=O) groups excluding carboxylic acids is 1. The van der Waals surface area contributed by atoms with Crippen molar-refractivity contribution in [2.75, 3.05) is 0 Å². The van der Waals surface area contributed by atoms with Crippen molar-refractivity contribution >= 4 is 5.91 Å². The Morgan fingerprint density at radius 1 is 1.38 bits per heavy atom. The van der Waals surface area contributed by atoms with Gasteiger partial charge >= 0.3 is 0 Å². The van der Waals surface area contributed by atoms with E-state index < -0.39 is 5.54 Å². The number of benzene rings is 1. The van der Waals surface area contributed by atoms with Crippen LogP contribution in [0.1, 0.15) is 56.2 Å². The Morgan fingerprint density at radius 3 is 2.95 bits per heavy atom. The van der Waals surface area contributed by atoms with Crippen LogP contribution in [0.5, 0.6) is 0 Å². The van der Waals surface area contributed by atoms with E-state index in [1.165, 1.54) is 6.07 Å². The van der Waals surface area contributed by atoms with Crippen LogP contribution in [0.4, 0.5) is 4.39 Å². The second kappa shape index (κ2) is 5.41. The van der Waals surface area contributed by atoms with Crippen LogP contribution in [0.15, 0.2) is 18.2 Å². The van der Waals surface area contributed by atoms with Crippen LogP contribution < -0.4 is 11.1 Å². The second-order valence-corrected chi connectivity index (χ2v) is 6.71. The van der Waals surface area contributed by atoms with Crippen LogP contribution in [-0.2, 0) is 11.2 Å². The summed E-state index contributed by atoms with van der Waals surface area (Å²) < 4.78 is 13.7. The average Bonchev–Trinajstić information content (AvgIpc) is 2.83. The molecular weight excluding hydrogens is 267 g/mol. The van der Waals surface area contributed by atoms with E-state index in [9.17, 15) is 9.18 Å². The predicted octanol–water partition coefficient (Wildman–Crippen LogP) is 2.84. The SMILES string of the molecule is CC1(N)CCCCC1C(=O)NC1CCc2c(F)cccc21. The van der Waals surface area contributed by atoms with Crippen molar-refractivity contribution in [1.82, 2.24) is 5.32 Å². The zero-order valence-electron chi connectivity index (χ0n) is 12.5. The van der Waals surface area contributed by atoms with Gasteiger partial charge in [-0.2, -0.15) is 0 Å². The minimum atomic E-state index is -0.425. The molecular formula is C17H23FN2O. The molecule has 21 heavy (non-hydrogen) atoms. The van der Waals surface area contributed by atoms with Gasteiger partial charge in [0.05, 0.1) is 12.0 Å². The van der Waals surface area contributed by atoms with E-state index in [4.69, 9.17) is 5.73 Å². The van der Waals surface area contributed by atoms with E-state index in [1.54, 1.807) is 6.07 Å². The molecule has 114 valence electrons. The smallest absolute Gasteiger partial charge is 0.225 e. The van der Waals surface area contributed by atoms with Crippen LogP contribution >= 0.6 is 0 Å². The molecule has 1 amide bonds. The van der Waals surface area contributed by atoms with E-state index >= 15 is 0 Å². The number of hydrogen-bond acceptors (Lipinski definition) is 2. The summed E-state index contributed by atoms with van der Waals surface area (Å²) in [4.78, 5) is 12.6. The Balaban J connectivity index is 1.74. The minimum Gasteiger partial charge on any atom is -0.349 e.